The summed E-state index contributed by atoms with van der Waals surface area (Å²) in [7, 11) is 0. The predicted molar refractivity (Wildman–Crippen MR) is 76.3 cm³/mol. The van der Waals surface area contributed by atoms with E-state index >= 15 is 0 Å². The zero-order chi connectivity index (χ0) is 15.5. The lowest BCUT2D eigenvalue weighted by atomic mass is 10.2. The molecular formula is C13H14N6O3. The van der Waals surface area contributed by atoms with Crippen molar-refractivity contribution in [2.45, 2.75) is 12.6 Å². The summed E-state index contributed by atoms with van der Waals surface area (Å²) in [5.74, 6) is 0.733. The van der Waals surface area contributed by atoms with Gasteiger partial charge in [0.05, 0.1) is 19.3 Å². The third-order valence-corrected chi connectivity index (χ3v) is 3.03. The lowest BCUT2D eigenvalue weighted by Gasteiger charge is -2.07. The van der Waals surface area contributed by atoms with E-state index in [9.17, 15) is 5.11 Å². The molecule has 3 aromatic rings. The second kappa shape index (κ2) is 5.92. The van der Waals surface area contributed by atoms with Gasteiger partial charge in [-0.05, 0) is 0 Å². The molecule has 0 amide bonds. The third-order valence-electron chi connectivity index (χ3n) is 3.03. The summed E-state index contributed by atoms with van der Waals surface area (Å²) in [6, 6.07) is 9.33. The van der Waals surface area contributed by atoms with Crippen molar-refractivity contribution >= 4 is 5.82 Å². The van der Waals surface area contributed by atoms with Crippen LogP contribution in [0.25, 0.3) is 23.0 Å². The molecule has 9 heteroatoms. The first-order valence-corrected chi connectivity index (χ1v) is 6.56. The molecule has 2 aromatic heterocycles. The minimum atomic E-state index is -0.973. The molecule has 0 bridgehead atoms. The first kappa shape index (κ1) is 14.2. The van der Waals surface area contributed by atoms with Crippen LogP contribution in [0.2, 0.25) is 0 Å². The van der Waals surface area contributed by atoms with Gasteiger partial charge in [-0.1, -0.05) is 40.7 Å². The molecule has 4 N–H and O–H groups in total. The Morgan fingerprint density at radius 1 is 1.27 bits per heavy atom. The highest BCUT2D eigenvalue weighted by molar-refractivity contribution is 5.64. The maximum atomic E-state index is 9.42. The maximum absolute atomic E-state index is 9.42. The fraction of sp³-hybridized carbons (Fsp3) is 0.231. The number of hydrogen-bond donors (Lipinski definition) is 3. The van der Waals surface area contributed by atoms with Crippen molar-refractivity contribution in [1.82, 2.24) is 25.1 Å². The average molecular weight is 302 g/mol. The van der Waals surface area contributed by atoms with Crippen LogP contribution in [-0.2, 0) is 6.54 Å². The Morgan fingerprint density at radius 3 is 2.77 bits per heavy atom. The van der Waals surface area contributed by atoms with Crippen LogP contribution in [0.1, 0.15) is 0 Å². The van der Waals surface area contributed by atoms with Gasteiger partial charge in [-0.25, -0.2) is 4.68 Å². The quantitative estimate of drug-likeness (QED) is 0.596. The second-order valence-corrected chi connectivity index (χ2v) is 4.63. The summed E-state index contributed by atoms with van der Waals surface area (Å²) in [4.78, 5) is 4.24. The molecule has 3 rings (SSSR count). The largest absolute Gasteiger partial charge is 0.394 e. The lowest BCUT2D eigenvalue weighted by Crippen LogP contribution is -2.21. The van der Waals surface area contributed by atoms with Gasteiger partial charge in [-0.2, -0.15) is 4.98 Å². The van der Waals surface area contributed by atoms with E-state index in [0.29, 0.717) is 5.82 Å². The van der Waals surface area contributed by atoms with Gasteiger partial charge in [-0.3, -0.25) is 0 Å². The van der Waals surface area contributed by atoms with Crippen molar-refractivity contribution in [1.29, 1.82) is 0 Å². The number of rotatable bonds is 5. The van der Waals surface area contributed by atoms with Crippen LogP contribution in [0, 0.1) is 0 Å². The van der Waals surface area contributed by atoms with Crippen molar-refractivity contribution in [3.05, 3.63) is 30.3 Å². The molecule has 114 valence electrons. The topological polar surface area (TPSA) is 136 Å². The minimum Gasteiger partial charge on any atom is -0.394 e. The van der Waals surface area contributed by atoms with Gasteiger partial charge in [0.25, 0.3) is 5.89 Å². The smallest absolute Gasteiger partial charge is 0.282 e. The van der Waals surface area contributed by atoms with Gasteiger partial charge in [0.15, 0.2) is 11.5 Å². The van der Waals surface area contributed by atoms with E-state index in [1.54, 1.807) is 0 Å². The Morgan fingerprint density at radius 2 is 2.05 bits per heavy atom. The van der Waals surface area contributed by atoms with Gasteiger partial charge in [0.2, 0.25) is 5.82 Å². The number of anilines is 1. The second-order valence-electron chi connectivity index (χ2n) is 4.63. The number of nitrogens with two attached hydrogens (primary N) is 1. The Kier molecular flexibility index (Phi) is 3.81. The van der Waals surface area contributed by atoms with Gasteiger partial charge in [0, 0.05) is 5.56 Å². The first-order chi connectivity index (χ1) is 10.7. The van der Waals surface area contributed by atoms with Crippen molar-refractivity contribution in [2.75, 3.05) is 12.3 Å². The molecule has 0 spiro atoms. The van der Waals surface area contributed by atoms with E-state index in [2.05, 4.69) is 20.5 Å². The Hall–Kier alpha value is -2.78. The number of aliphatic hydroxyl groups excluding tert-OH is 2. The standard InChI is InChI=1S/C13H14N6O3/c14-11-10(16-18-19(11)6-9(21)7-20)13-15-12(17-22-13)8-4-2-1-3-5-8/h1-5,9,20-21H,6-7,14H2. The summed E-state index contributed by atoms with van der Waals surface area (Å²) in [5.41, 5.74) is 6.94. The average Bonchev–Trinajstić information content (AvgIpc) is 3.16. The van der Waals surface area contributed by atoms with Gasteiger partial charge in [0.1, 0.15) is 0 Å². The van der Waals surface area contributed by atoms with E-state index in [4.69, 9.17) is 15.4 Å². The van der Waals surface area contributed by atoms with Crippen LogP contribution in [0.4, 0.5) is 5.82 Å². The predicted octanol–water partition coefficient (Wildman–Crippen LogP) is -0.0695. The van der Waals surface area contributed by atoms with Crippen molar-refractivity contribution in [3.8, 4) is 23.0 Å². The van der Waals surface area contributed by atoms with Gasteiger partial charge >= 0.3 is 0 Å². The van der Waals surface area contributed by atoms with E-state index in [1.165, 1.54) is 4.68 Å². The number of nitrogen functional groups attached to an aromatic ring is 1. The number of benzene rings is 1. The van der Waals surface area contributed by atoms with Crippen molar-refractivity contribution in [2.24, 2.45) is 0 Å². The van der Waals surface area contributed by atoms with Crippen LogP contribution in [0.3, 0.4) is 0 Å². The summed E-state index contributed by atoms with van der Waals surface area (Å²) in [6.07, 6.45) is -0.973. The fourth-order valence-corrected chi connectivity index (χ4v) is 1.89. The molecule has 2 heterocycles. The molecule has 1 aromatic carbocycles. The normalized spacial score (nSPS) is 12.5. The third kappa shape index (κ3) is 2.67. The number of aromatic nitrogens is 5. The SMILES string of the molecule is Nc1c(-c2nc(-c3ccccc3)no2)nnn1CC(O)CO. The molecule has 0 aliphatic rings. The van der Waals surface area contributed by atoms with Crippen LogP contribution < -0.4 is 5.73 Å². The zero-order valence-corrected chi connectivity index (χ0v) is 11.5. The molecule has 0 aliphatic carbocycles. The van der Waals surface area contributed by atoms with Gasteiger partial charge < -0.3 is 20.5 Å². The Labute approximate surface area is 125 Å². The molecule has 1 unspecified atom stereocenters. The highest BCUT2D eigenvalue weighted by atomic mass is 16.5. The summed E-state index contributed by atoms with van der Waals surface area (Å²) in [6.45, 7) is -0.373. The number of hydrogen-bond acceptors (Lipinski definition) is 8. The Balaban J connectivity index is 1.88. The van der Waals surface area contributed by atoms with Crippen LogP contribution in [-0.4, -0.2) is 48.1 Å². The summed E-state index contributed by atoms with van der Waals surface area (Å²) >= 11 is 0. The molecule has 0 fully saturated rings. The fourth-order valence-electron chi connectivity index (χ4n) is 1.89. The highest BCUT2D eigenvalue weighted by Gasteiger charge is 2.20. The number of aliphatic hydroxyl groups is 2. The molecule has 0 radical (unpaired) electrons. The summed E-state index contributed by atoms with van der Waals surface area (Å²) < 4.78 is 6.43. The van der Waals surface area contributed by atoms with E-state index in [1.807, 2.05) is 30.3 Å². The molecule has 9 nitrogen and oxygen atoms in total. The molecule has 22 heavy (non-hydrogen) atoms. The van der Waals surface area contributed by atoms with Crippen molar-refractivity contribution in [3.63, 3.8) is 0 Å². The van der Waals surface area contributed by atoms with Crippen LogP contribution in [0.15, 0.2) is 34.9 Å². The molecule has 0 saturated carbocycles. The highest BCUT2D eigenvalue weighted by Crippen LogP contribution is 2.24. The minimum absolute atomic E-state index is 0.0228. The lowest BCUT2D eigenvalue weighted by molar-refractivity contribution is 0.0783. The van der Waals surface area contributed by atoms with Crippen molar-refractivity contribution < 1.29 is 14.7 Å². The van der Waals surface area contributed by atoms with E-state index in [-0.39, 0.29) is 23.9 Å². The monoisotopic (exact) mass is 302 g/mol. The van der Waals surface area contributed by atoms with E-state index < -0.39 is 12.7 Å². The first-order valence-electron chi connectivity index (χ1n) is 6.56. The maximum Gasteiger partial charge on any atom is 0.282 e. The number of nitrogens with zero attached hydrogens (tertiary/aromatic N) is 5. The summed E-state index contributed by atoms with van der Waals surface area (Å²) in [5, 5.41) is 29.8. The Bertz CT molecular complexity index is 754. The van der Waals surface area contributed by atoms with Gasteiger partial charge in [-0.15, -0.1) is 5.10 Å². The van der Waals surface area contributed by atoms with Crippen LogP contribution >= 0.6 is 0 Å². The molecule has 1 atom stereocenters. The van der Waals surface area contributed by atoms with E-state index in [0.717, 1.165) is 5.56 Å². The molecule has 0 aliphatic heterocycles. The van der Waals surface area contributed by atoms with Crippen LogP contribution in [0.5, 0.6) is 0 Å². The molecular weight excluding hydrogens is 288 g/mol. The zero-order valence-electron chi connectivity index (χ0n) is 11.5. The molecule has 0 saturated heterocycles.